The first-order valence-corrected chi connectivity index (χ1v) is 14.2. The first kappa shape index (κ1) is 30.0. The molecule has 226 valence electrons. The predicted molar refractivity (Wildman–Crippen MR) is 155 cm³/mol. The quantitative estimate of drug-likeness (QED) is 0.433. The zero-order chi connectivity index (χ0) is 30.8. The molecule has 0 radical (unpaired) electrons. The molecule has 0 aliphatic carbocycles. The molecular formula is C30H30ClFN4O7. The molecular weight excluding hydrogens is 583 g/mol. The maximum Gasteiger partial charge on any atom is 0.332 e. The molecule has 3 aromatic rings. The number of likely N-dealkylation sites (tertiary alicyclic amines) is 1. The maximum absolute atomic E-state index is 14.2. The van der Waals surface area contributed by atoms with Crippen LogP contribution in [-0.4, -0.2) is 74.6 Å². The summed E-state index contributed by atoms with van der Waals surface area (Å²) in [6.45, 7) is -0.161. The minimum absolute atomic E-state index is 0.0319. The lowest BCUT2D eigenvalue weighted by Crippen LogP contribution is -2.50. The number of methoxy groups -OCH3 is 1. The fraction of sp³-hybridized carbons (Fsp3) is 0.367. The Morgan fingerprint density at radius 1 is 1.02 bits per heavy atom. The smallest absolute Gasteiger partial charge is 0.332 e. The topological polar surface area (TPSA) is 131 Å². The van der Waals surface area contributed by atoms with Crippen molar-refractivity contribution in [3.63, 3.8) is 0 Å². The second kappa shape index (κ2) is 12.4. The summed E-state index contributed by atoms with van der Waals surface area (Å²) in [5.41, 5.74) is -0.137. The van der Waals surface area contributed by atoms with Crippen LogP contribution in [0.2, 0.25) is 5.02 Å². The first-order valence-electron chi connectivity index (χ1n) is 13.8. The largest absolute Gasteiger partial charge is 0.497 e. The number of carbonyl (C=O) groups is 3. The maximum atomic E-state index is 14.2. The van der Waals surface area contributed by atoms with Gasteiger partial charge in [-0.2, -0.15) is 0 Å². The van der Waals surface area contributed by atoms with Crippen LogP contribution in [0.15, 0.2) is 52.2 Å². The number of carboxylic acid groups (broad SMARTS) is 1. The number of hydrogen-bond acceptors (Lipinski definition) is 6. The Balaban J connectivity index is 1.31. The zero-order valence-corrected chi connectivity index (χ0v) is 24.2. The minimum atomic E-state index is -1.44. The highest BCUT2D eigenvalue weighted by molar-refractivity contribution is 6.33. The van der Waals surface area contributed by atoms with Crippen LogP contribution in [0.4, 0.5) is 4.39 Å². The Kier molecular flexibility index (Phi) is 8.67. The lowest BCUT2D eigenvalue weighted by molar-refractivity contribution is -0.138. The van der Waals surface area contributed by atoms with Crippen molar-refractivity contribution in [2.24, 2.45) is 0 Å². The van der Waals surface area contributed by atoms with Crippen LogP contribution < -0.4 is 16.0 Å². The lowest BCUT2D eigenvalue weighted by atomic mass is 10.0. The first-order chi connectivity index (χ1) is 20.6. The van der Waals surface area contributed by atoms with E-state index in [-0.39, 0.29) is 28.1 Å². The number of amides is 2. The van der Waals surface area contributed by atoms with E-state index in [1.165, 1.54) is 12.1 Å². The molecule has 0 spiro atoms. The van der Waals surface area contributed by atoms with Crippen LogP contribution in [-0.2, 0) is 40.3 Å². The van der Waals surface area contributed by atoms with Crippen LogP contribution in [0.3, 0.4) is 0 Å². The van der Waals surface area contributed by atoms with E-state index in [1.54, 1.807) is 12.0 Å². The second-order valence-electron chi connectivity index (χ2n) is 10.6. The number of aromatic nitrogens is 2. The predicted octanol–water partition coefficient (Wildman–Crippen LogP) is 2.18. The molecule has 0 unspecified atom stereocenters. The van der Waals surface area contributed by atoms with Gasteiger partial charge >= 0.3 is 11.7 Å². The van der Waals surface area contributed by atoms with Crippen LogP contribution in [0, 0.1) is 5.82 Å². The molecule has 43 heavy (non-hydrogen) atoms. The number of piperidine rings is 1. The SMILES string of the molecule is COc1ccc2c(c1)CCN(C1CCN(C(=O)Cn3cc(-c4cccc(F)c4Cl)c(=O)n(CC(=O)O)c3=O)CC1)C(=O)C2. The van der Waals surface area contributed by atoms with E-state index in [0.29, 0.717) is 49.9 Å². The number of carbonyl (C=O) groups excluding carboxylic acids is 2. The molecule has 1 N–H and O–H groups in total. The van der Waals surface area contributed by atoms with Gasteiger partial charge in [-0.25, -0.2) is 13.8 Å². The van der Waals surface area contributed by atoms with Crippen LogP contribution in [0.25, 0.3) is 11.1 Å². The molecule has 1 fully saturated rings. The fourth-order valence-corrected chi connectivity index (χ4v) is 5.99. The molecule has 0 atom stereocenters. The molecule has 13 heteroatoms. The van der Waals surface area contributed by atoms with Crippen molar-refractivity contribution >= 4 is 29.4 Å². The highest BCUT2D eigenvalue weighted by Crippen LogP contribution is 2.28. The van der Waals surface area contributed by atoms with Crippen LogP contribution in [0.1, 0.15) is 24.0 Å². The summed E-state index contributed by atoms with van der Waals surface area (Å²) in [5.74, 6) is -1.88. The zero-order valence-electron chi connectivity index (χ0n) is 23.4. The Labute approximate surface area is 250 Å². The fourth-order valence-electron chi connectivity index (χ4n) is 5.76. The Morgan fingerprint density at radius 2 is 1.77 bits per heavy atom. The van der Waals surface area contributed by atoms with Crippen molar-refractivity contribution < 1.29 is 28.6 Å². The Bertz CT molecular complexity index is 1710. The molecule has 1 saturated heterocycles. The summed E-state index contributed by atoms with van der Waals surface area (Å²) in [4.78, 5) is 67.4. The van der Waals surface area contributed by atoms with E-state index in [1.807, 2.05) is 23.1 Å². The van der Waals surface area contributed by atoms with E-state index in [0.717, 1.165) is 33.7 Å². The summed E-state index contributed by atoms with van der Waals surface area (Å²) >= 11 is 6.08. The van der Waals surface area contributed by atoms with Gasteiger partial charge in [-0.15, -0.1) is 0 Å². The van der Waals surface area contributed by atoms with Crippen LogP contribution >= 0.6 is 11.6 Å². The standard InChI is InChI=1S/C30H30ClFN4O7/c1-43-21-6-5-18-14-25(37)35(12-7-19(18)13-21)20-8-10-33(11-9-20)26(38)16-34-15-23(22-3-2-4-24(32)28(22)31)29(41)36(30(34)42)17-27(39)40/h2-6,13,15,20H,7-12,14,16-17H2,1H3,(H,39,40). The van der Waals surface area contributed by atoms with Gasteiger partial charge in [0.05, 0.1) is 24.1 Å². The molecule has 3 heterocycles. The van der Waals surface area contributed by atoms with Gasteiger partial charge in [0.15, 0.2) is 0 Å². The average Bonchev–Trinajstić information content (AvgIpc) is 3.15. The van der Waals surface area contributed by atoms with Crippen molar-refractivity contribution in [2.75, 3.05) is 26.7 Å². The number of hydrogen-bond donors (Lipinski definition) is 1. The summed E-state index contributed by atoms with van der Waals surface area (Å²) in [6, 6.07) is 9.48. The van der Waals surface area contributed by atoms with Crippen molar-refractivity contribution in [1.29, 1.82) is 0 Å². The molecule has 2 amide bonds. The number of fused-ring (bicyclic) bond motifs is 1. The van der Waals surface area contributed by atoms with E-state index in [9.17, 15) is 33.5 Å². The number of aliphatic carboxylic acids is 1. The molecule has 2 aliphatic heterocycles. The molecule has 0 saturated carbocycles. The van der Waals surface area contributed by atoms with E-state index < -0.39 is 42.0 Å². The normalized spacial score (nSPS) is 15.7. The van der Waals surface area contributed by atoms with Gasteiger partial charge in [-0.05, 0) is 48.6 Å². The third-order valence-electron chi connectivity index (χ3n) is 8.03. The number of carboxylic acids is 1. The van der Waals surface area contributed by atoms with E-state index in [4.69, 9.17) is 16.3 Å². The summed E-state index contributed by atoms with van der Waals surface area (Å²) < 4.78 is 20.9. The van der Waals surface area contributed by atoms with Gasteiger partial charge < -0.3 is 19.6 Å². The van der Waals surface area contributed by atoms with Crippen molar-refractivity contribution in [2.45, 2.75) is 44.8 Å². The van der Waals surface area contributed by atoms with Gasteiger partial charge in [0, 0.05) is 37.4 Å². The van der Waals surface area contributed by atoms with E-state index in [2.05, 4.69) is 0 Å². The molecule has 5 rings (SSSR count). The lowest BCUT2D eigenvalue weighted by Gasteiger charge is -2.38. The Morgan fingerprint density at radius 3 is 2.47 bits per heavy atom. The van der Waals surface area contributed by atoms with Crippen molar-refractivity contribution in [3.8, 4) is 16.9 Å². The van der Waals surface area contributed by atoms with E-state index >= 15 is 0 Å². The summed E-state index contributed by atoms with van der Waals surface area (Å²) in [5, 5.41) is 8.92. The number of nitrogens with zero attached hydrogens (tertiary/aromatic N) is 4. The third kappa shape index (κ3) is 6.19. The Hall–Kier alpha value is -4.45. The average molecular weight is 613 g/mol. The molecule has 11 nitrogen and oxygen atoms in total. The van der Waals surface area contributed by atoms with Crippen molar-refractivity contribution in [3.05, 3.63) is 85.4 Å². The highest BCUT2D eigenvalue weighted by Gasteiger charge is 2.32. The number of halogens is 2. The highest BCUT2D eigenvalue weighted by atomic mass is 35.5. The number of rotatable bonds is 7. The van der Waals surface area contributed by atoms with Crippen molar-refractivity contribution in [1.82, 2.24) is 18.9 Å². The number of ether oxygens (including phenoxy) is 1. The molecule has 2 aromatic carbocycles. The van der Waals surface area contributed by atoms with Gasteiger partial charge in [0.25, 0.3) is 5.56 Å². The second-order valence-corrected chi connectivity index (χ2v) is 11.0. The van der Waals surface area contributed by atoms with Gasteiger partial charge in [0.2, 0.25) is 11.8 Å². The molecule has 1 aromatic heterocycles. The van der Waals surface area contributed by atoms with Gasteiger partial charge in [0.1, 0.15) is 24.7 Å². The van der Waals surface area contributed by atoms with Gasteiger partial charge in [-0.3, -0.25) is 23.7 Å². The van der Waals surface area contributed by atoms with Gasteiger partial charge in [-0.1, -0.05) is 29.8 Å². The summed E-state index contributed by atoms with van der Waals surface area (Å²) in [6.07, 6.45) is 3.20. The van der Waals surface area contributed by atoms with Crippen LogP contribution in [0.5, 0.6) is 5.75 Å². The molecule has 2 aliphatic rings. The molecule has 0 bridgehead atoms. The monoisotopic (exact) mass is 612 g/mol. The minimum Gasteiger partial charge on any atom is -0.497 e. The third-order valence-corrected chi connectivity index (χ3v) is 8.42. The summed E-state index contributed by atoms with van der Waals surface area (Å²) in [7, 11) is 1.60. The number of benzene rings is 2.